The number of aromatic nitrogens is 3. The molecule has 0 aromatic carbocycles. The van der Waals surface area contributed by atoms with E-state index in [0.29, 0.717) is 18.2 Å². The zero-order chi connectivity index (χ0) is 25.1. The summed E-state index contributed by atoms with van der Waals surface area (Å²) in [7, 11) is 3.89. The molecule has 0 saturated carbocycles. The Morgan fingerprint density at radius 2 is 2.00 bits per heavy atom. The number of carbonyl (C=O) groups excluding carboxylic acids is 1. The largest absolute Gasteiger partial charge is 0.490 e. The standard InChI is InChI=1S/C20H29N5O2.C2HF3O2/c1-15-11-17(24(3)22-15)12-25-13-20(14-25)16(7-10-27-20)6-8-21-19(26)18-5-4-9-23(18)2;3-2(4,5)1(6)7/h4-5,9,11,16H,6-8,10,12-14H2,1-3H3,(H,21,26);(H,6,7). The third kappa shape index (κ3) is 5.98. The second-order valence-electron chi connectivity index (χ2n) is 8.80. The van der Waals surface area contributed by atoms with Crippen molar-refractivity contribution in [2.75, 3.05) is 26.2 Å². The van der Waals surface area contributed by atoms with E-state index in [0.717, 1.165) is 44.8 Å². The van der Waals surface area contributed by atoms with Crippen LogP contribution in [0, 0.1) is 12.8 Å². The molecule has 2 aromatic heterocycles. The van der Waals surface area contributed by atoms with Gasteiger partial charge in [0, 0.05) is 53.1 Å². The van der Waals surface area contributed by atoms with Crippen molar-refractivity contribution in [2.24, 2.45) is 20.0 Å². The molecule has 34 heavy (non-hydrogen) atoms. The van der Waals surface area contributed by atoms with Crippen molar-refractivity contribution in [1.29, 1.82) is 0 Å². The van der Waals surface area contributed by atoms with Gasteiger partial charge in [-0.25, -0.2) is 4.79 Å². The van der Waals surface area contributed by atoms with Gasteiger partial charge in [0.1, 0.15) is 5.69 Å². The van der Waals surface area contributed by atoms with Gasteiger partial charge in [0.2, 0.25) is 0 Å². The predicted molar refractivity (Wildman–Crippen MR) is 116 cm³/mol. The summed E-state index contributed by atoms with van der Waals surface area (Å²) in [6, 6.07) is 5.89. The minimum atomic E-state index is -5.08. The minimum absolute atomic E-state index is 0.00252. The van der Waals surface area contributed by atoms with Gasteiger partial charge in [0.25, 0.3) is 5.91 Å². The van der Waals surface area contributed by atoms with E-state index in [2.05, 4.69) is 21.4 Å². The van der Waals surface area contributed by atoms with Gasteiger partial charge in [-0.3, -0.25) is 14.4 Å². The summed E-state index contributed by atoms with van der Waals surface area (Å²) < 4.78 is 41.7. The van der Waals surface area contributed by atoms with Crippen molar-refractivity contribution < 1.29 is 32.6 Å². The fraction of sp³-hybridized carbons (Fsp3) is 0.591. The van der Waals surface area contributed by atoms with E-state index in [4.69, 9.17) is 14.6 Å². The molecule has 4 rings (SSSR count). The number of hydrogen-bond donors (Lipinski definition) is 2. The molecule has 1 spiro atoms. The third-order valence-corrected chi connectivity index (χ3v) is 6.26. The zero-order valence-electron chi connectivity index (χ0n) is 19.4. The van der Waals surface area contributed by atoms with Crippen LogP contribution in [0.15, 0.2) is 24.4 Å². The highest BCUT2D eigenvalue weighted by Gasteiger charge is 2.52. The van der Waals surface area contributed by atoms with E-state index in [1.807, 2.05) is 48.6 Å². The molecule has 2 aromatic rings. The predicted octanol–water partition coefficient (Wildman–Crippen LogP) is 2.11. The Morgan fingerprint density at radius 3 is 2.53 bits per heavy atom. The lowest BCUT2D eigenvalue weighted by Crippen LogP contribution is -2.64. The number of amides is 1. The second kappa shape index (κ2) is 10.2. The monoisotopic (exact) mass is 485 g/mol. The molecule has 188 valence electrons. The molecular formula is C22H30F3N5O4. The molecule has 2 N–H and O–H groups in total. The summed E-state index contributed by atoms with van der Waals surface area (Å²) in [5.74, 6) is -2.25. The maximum absolute atomic E-state index is 12.3. The first kappa shape index (κ1) is 25.8. The molecule has 1 amide bonds. The number of aliphatic carboxylic acids is 1. The average Bonchev–Trinajstić information content (AvgIpc) is 3.40. The van der Waals surface area contributed by atoms with Crippen molar-refractivity contribution >= 4 is 11.9 Å². The highest BCUT2D eigenvalue weighted by Crippen LogP contribution is 2.42. The number of carbonyl (C=O) groups is 2. The van der Waals surface area contributed by atoms with Gasteiger partial charge in [-0.05, 0) is 43.9 Å². The van der Waals surface area contributed by atoms with Gasteiger partial charge >= 0.3 is 12.1 Å². The van der Waals surface area contributed by atoms with E-state index in [9.17, 15) is 18.0 Å². The Bertz CT molecular complexity index is 1010. The van der Waals surface area contributed by atoms with E-state index in [1.54, 1.807) is 0 Å². The van der Waals surface area contributed by atoms with E-state index < -0.39 is 12.1 Å². The summed E-state index contributed by atoms with van der Waals surface area (Å²) in [4.78, 5) is 23.6. The summed E-state index contributed by atoms with van der Waals surface area (Å²) in [5, 5.41) is 14.6. The minimum Gasteiger partial charge on any atom is -0.475 e. The Hall–Kier alpha value is -2.86. The van der Waals surface area contributed by atoms with Crippen LogP contribution in [0.25, 0.3) is 0 Å². The number of carboxylic acid groups (broad SMARTS) is 1. The topological polar surface area (TPSA) is 102 Å². The number of ether oxygens (including phenoxy) is 1. The third-order valence-electron chi connectivity index (χ3n) is 6.26. The highest BCUT2D eigenvalue weighted by molar-refractivity contribution is 5.92. The van der Waals surface area contributed by atoms with Gasteiger partial charge in [-0.1, -0.05) is 0 Å². The van der Waals surface area contributed by atoms with E-state index in [1.165, 1.54) is 5.69 Å². The van der Waals surface area contributed by atoms with Crippen LogP contribution in [-0.2, 0) is 30.2 Å². The lowest BCUT2D eigenvalue weighted by molar-refractivity contribution is -0.192. The van der Waals surface area contributed by atoms with Crippen LogP contribution in [0.5, 0.6) is 0 Å². The number of halogens is 3. The van der Waals surface area contributed by atoms with Gasteiger partial charge in [0.05, 0.1) is 17.0 Å². The number of aryl methyl sites for hydroxylation is 3. The van der Waals surface area contributed by atoms with Crippen LogP contribution in [0.4, 0.5) is 13.2 Å². The number of nitrogens with zero attached hydrogens (tertiary/aromatic N) is 4. The molecule has 0 aliphatic carbocycles. The normalized spacial score (nSPS) is 19.4. The maximum Gasteiger partial charge on any atom is 0.490 e. The molecule has 12 heteroatoms. The van der Waals surface area contributed by atoms with Crippen molar-refractivity contribution in [3.63, 3.8) is 0 Å². The highest BCUT2D eigenvalue weighted by atomic mass is 19.4. The SMILES string of the molecule is Cc1cc(CN2CC3(C2)OCCC3CCNC(=O)c2cccn2C)n(C)n1.O=C(O)C(F)(F)F. The first-order valence-electron chi connectivity index (χ1n) is 11.0. The first-order valence-corrected chi connectivity index (χ1v) is 11.0. The van der Waals surface area contributed by atoms with Gasteiger partial charge < -0.3 is 19.7 Å². The van der Waals surface area contributed by atoms with Crippen molar-refractivity contribution in [2.45, 2.75) is 38.1 Å². The Kier molecular flexibility index (Phi) is 7.71. The Labute approximate surface area is 195 Å². The molecule has 9 nitrogen and oxygen atoms in total. The Balaban J connectivity index is 0.000000406. The number of rotatable bonds is 6. The fourth-order valence-corrected chi connectivity index (χ4v) is 4.55. The van der Waals surface area contributed by atoms with Crippen molar-refractivity contribution in [3.8, 4) is 0 Å². The van der Waals surface area contributed by atoms with Crippen LogP contribution >= 0.6 is 0 Å². The van der Waals surface area contributed by atoms with Crippen molar-refractivity contribution in [3.05, 3.63) is 41.5 Å². The lowest BCUT2D eigenvalue weighted by Gasteiger charge is -2.50. The van der Waals surface area contributed by atoms with E-state index >= 15 is 0 Å². The quantitative estimate of drug-likeness (QED) is 0.650. The molecule has 2 aliphatic heterocycles. The summed E-state index contributed by atoms with van der Waals surface area (Å²) in [6.45, 7) is 6.40. The van der Waals surface area contributed by atoms with Gasteiger partial charge in [-0.15, -0.1) is 0 Å². The number of nitrogens with one attached hydrogen (secondary N) is 1. The molecule has 0 radical (unpaired) electrons. The van der Waals surface area contributed by atoms with Crippen molar-refractivity contribution in [1.82, 2.24) is 24.6 Å². The number of carboxylic acids is 1. The molecular weight excluding hydrogens is 455 g/mol. The van der Waals surface area contributed by atoms with Gasteiger partial charge in [-0.2, -0.15) is 18.3 Å². The lowest BCUT2D eigenvalue weighted by atomic mass is 9.79. The molecule has 0 bridgehead atoms. The maximum atomic E-state index is 12.3. The molecule has 4 heterocycles. The van der Waals surface area contributed by atoms with Gasteiger partial charge in [0.15, 0.2) is 0 Å². The zero-order valence-corrected chi connectivity index (χ0v) is 19.4. The van der Waals surface area contributed by atoms with E-state index in [-0.39, 0.29) is 11.5 Å². The summed E-state index contributed by atoms with van der Waals surface area (Å²) in [6.07, 6.45) is -1.14. The molecule has 1 unspecified atom stereocenters. The molecule has 1 atom stereocenters. The second-order valence-corrected chi connectivity index (χ2v) is 8.80. The van der Waals surface area contributed by atoms with Crippen LogP contribution in [-0.4, -0.2) is 74.2 Å². The van der Waals surface area contributed by atoms with Crippen LogP contribution in [0.2, 0.25) is 0 Å². The number of likely N-dealkylation sites (tertiary alicyclic amines) is 1. The van der Waals surface area contributed by atoms with Crippen LogP contribution in [0.3, 0.4) is 0 Å². The molecule has 2 aliphatic rings. The molecule has 2 saturated heterocycles. The molecule has 2 fully saturated rings. The number of hydrogen-bond acceptors (Lipinski definition) is 5. The fourth-order valence-electron chi connectivity index (χ4n) is 4.55. The van der Waals surface area contributed by atoms with Crippen LogP contribution in [0.1, 0.15) is 34.7 Å². The number of alkyl halides is 3. The van der Waals surface area contributed by atoms with Crippen LogP contribution < -0.4 is 5.32 Å². The summed E-state index contributed by atoms with van der Waals surface area (Å²) in [5.41, 5.74) is 2.98. The first-order chi connectivity index (χ1) is 15.9. The smallest absolute Gasteiger partial charge is 0.475 e. The Morgan fingerprint density at radius 1 is 1.32 bits per heavy atom. The average molecular weight is 486 g/mol. The summed E-state index contributed by atoms with van der Waals surface area (Å²) >= 11 is 0.